The summed E-state index contributed by atoms with van der Waals surface area (Å²) < 4.78 is 53.1. The Balaban J connectivity index is 1.57. The number of phosphoric acid groups is 1. The molecule has 0 aliphatic heterocycles. The van der Waals surface area contributed by atoms with Crippen LogP contribution in [-0.2, 0) is 22.1 Å². The second-order valence-electron chi connectivity index (χ2n) is 7.13. The molecule has 0 unspecified atom stereocenters. The summed E-state index contributed by atoms with van der Waals surface area (Å²) in [6.45, 7) is -0.272. The number of nitrogens with zero attached hydrogens (tertiary/aromatic N) is 2. The third kappa shape index (κ3) is 8.71. The Hall–Kier alpha value is -3.41. The lowest BCUT2D eigenvalue weighted by molar-refractivity contribution is 0.191. The van der Waals surface area contributed by atoms with Gasteiger partial charge in [-0.15, -0.1) is 0 Å². The van der Waals surface area contributed by atoms with Crippen LogP contribution in [0.4, 0.5) is 8.78 Å². The van der Waals surface area contributed by atoms with Gasteiger partial charge in [-0.05, 0) is 41.6 Å². The fourth-order valence-corrected chi connectivity index (χ4v) is 3.10. The van der Waals surface area contributed by atoms with E-state index in [0.717, 1.165) is 0 Å². The van der Waals surface area contributed by atoms with E-state index in [4.69, 9.17) is 24.8 Å². The van der Waals surface area contributed by atoms with Gasteiger partial charge >= 0.3 is 7.82 Å². The Kier molecular flexibility index (Phi) is 9.24. The van der Waals surface area contributed by atoms with Gasteiger partial charge in [0.05, 0.1) is 5.69 Å². The molecule has 13 heteroatoms. The zero-order chi connectivity index (χ0) is 25.3. The molecule has 0 saturated heterocycles. The van der Waals surface area contributed by atoms with Crippen molar-refractivity contribution in [1.29, 1.82) is 0 Å². The molecule has 0 aliphatic carbocycles. The van der Waals surface area contributed by atoms with E-state index in [0.29, 0.717) is 28.2 Å². The number of nitrogens with one attached hydrogen (secondary N) is 1. The van der Waals surface area contributed by atoms with Crippen molar-refractivity contribution < 1.29 is 36.9 Å². The van der Waals surface area contributed by atoms with Gasteiger partial charge in [0.25, 0.3) is 5.88 Å². The van der Waals surface area contributed by atoms with Gasteiger partial charge in [0.15, 0.2) is 11.6 Å². The number of benzene rings is 1. The number of hydrogen-bond donors (Lipinski definition) is 4. The maximum Gasteiger partial charge on any atom is 0.471 e. The summed E-state index contributed by atoms with van der Waals surface area (Å²) in [5.41, 5.74) is 7.95. The lowest BCUT2D eigenvalue weighted by Gasteiger charge is -2.07. The fraction of sp³-hybridized carbons (Fsp3) is 0.182. The molecule has 0 amide bonds. The first-order valence-corrected chi connectivity index (χ1v) is 11.7. The van der Waals surface area contributed by atoms with Crippen molar-refractivity contribution in [2.24, 2.45) is 5.73 Å². The Bertz CT molecular complexity index is 1240. The Morgan fingerprint density at radius 1 is 1.23 bits per heavy atom. The van der Waals surface area contributed by atoms with Crippen molar-refractivity contribution >= 4 is 13.4 Å². The molecule has 186 valence electrons. The van der Waals surface area contributed by atoms with Crippen molar-refractivity contribution in [3.05, 3.63) is 95.2 Å². The van der Waals surface area contributed by atoms with Crippen molar-refractivity contribution in [3.63, 3.8) is 0 Å². The lowest BCUT2D eigenvalue weighted by Crippen LogP contribution is -2.09. The Labute approximate surface area is 199 Å². The number of aromatic nitrogens is 2. The van der Waals surface area contributed by atoms with Crippen molar-refractivity contribution in [1.82, 2.24) is 15.5 Å². The monoisotopic (exact) mass is 508 g/mol. The van der Waals surface area contributed by atoms with Crippen LogP contribution in [0.5, 0.6) is 5.88 Å². The summed E-state index contributed by atoms with van der Waals surface area (Å²) >= 11 is 0. The van der Waals surface area contributed by atoms with E-state index in [9.17, 15) is 13.3 Å². The molecule has 0 aliphatic rings. The molecular weight excluding hydrogens is 485 g/mol. The summed E-state index contributed by atoms with van der Waals surface area (Å²) in [5.74, 6) is -0.860. The summed E-state index contributed by atoms with van der Waals surface area (Å²) in [4.78, 5) is 21.2. The number of phosphoric ester groups is 1. The summed E-state index contributed by atoms with van der Waals surface area (Å²) in [5, 5.41) is 6.51. The fourth-order valence-electron chi connectivity index (χ4n) is 2.85. The van der Waals surface area contributed by atoms with Crippen LogP contribution >= 0.6 is 7.82 Å². The predicted molar refractivity (Wildman–Crippen MR) is 122 cm³/mol. The molecule has 10 nitrogen and oxygen atoms in total. The molecule has 0 bridgehead atoms. The van der Waals surface area contributed by atoms with Gasteiger partial charge in [-0.25, -0.2) is 18.3 Å². The Morgan fingerprint density at radius 3 is 2.77 bits per heavy atom. The van der Waals surface area contributed by atoms with Gasteiger partial charge in [0.2, 0.25) is 0 Å². The van der Waals surface area contributed by atoms with E-state index in [2.05, 4.69) is 20.0 Å². The van der Waals surface area contributed by atoms with Crippen LogP contribution in [-0.4, -0.2) is 33.2 Å². The van der Waals surface area contributed by atoms with Gasteiger partial charge in [-0.1, -0.05) is 23.4 Å². The van der Waals surface area contributed by atoms with E-state index in [-0.39, 0.29) is 32.2 Å². The van der Waals surface area contributed by atoms with E-state index in [1.807, 2.05) is 0 Å². The van der Waals surface area contributed by atoms with Crippen molar-refractivity contribution in [2.45, 2.75) is 13.0 Å². The van der Waals surface area contributed by atoms with Crippen molar-refractivity contribution in [3.8, 4) is 5.88 Å². The average molecular weight is 508 g/mol. The minimum Gasteiger partial charge on any atom is -0.471 e. The van der Waals surface area contributed by atoms with Gasteiger partial charge in [-0.3, -0.25) is 4.52 Å². The average Bonchev–Trinajstić information content (AvgIpc) is 3.25. The van der Waals surface area contributed by atoms with Crippen LogP contribution in [0.25, 0.3) is 5.57 Å². The van der Waals surface area contributed by atoms with Crippen molar-refractivity contribution in [2.75, 3.05) is 13.3 Å². The molecule has 3 rings (SSSR count). The van der Waals surface area contributed by atoms with Crippen LogP contribution in [0.3, 0.4) is 0 Å². The third-order valence-electron chi connectivity index (χ3n) is 4.44. The maximum absolute atomic E-state index is 14.4. The van der Waals surface area contributed by atoms with E-state index in [1.54, 1.807) is 24.3 Å². The number of ether oxygens (including phenoxy) is 1. The highest BCUT2D eigenvalue weighted by atomic mass is 31.2. The minimum atomic E-state index is -4.54. The molecule has 1 aromatic carbocycles. The van der Waals surface area contributed by atoms with Gasteiger partial charge in [0.1, 0.15) is 19.2 Å². The topological polar surface area (TPSA) is 153 Å². The van der Waals surface area contributed by atoms with E-state index >= 15 is 0 Å². The maximum atomic E-state index is 14.4. The predicted octanol–water partition coefficient (Wildman–Crippen LogP) is 3.03. The zero-order valence-corrected chi connectivity index (χ0v) is 19.2. The normalized spacial score (nSPS) is 12.3. The number of halogens is 2. The summed E-state index contributed by atoms with van der Waals surface area (Å²) in [6, 6.07) is 8.73. The third-order valence-corrected chi connectivity index (χ3v) is 4.90. The van der Waals surface area contributed by atoms with Crippen LogP contribution in [0, 0.1) is 11.6 Å². The highest BCUT2D eigenvalue weighted by molar-refractivity contribution is 7.46. The molecule has 0 spiro atoms. The number of hydrogen-bond acceptors (Lipinski definition) is 8. The standard InChI is InChI=1S/C22H23F2N4O6P/c23-18-5-1-3-15(7-18)13-32-22-20(24)9-16(12-27-22)8-19-10-21(34-28-19)17(11-25)4-2-6-26-14-33-35(29,30)31/h1-7,9-10,12,26H,8,11,13-14,25H2,(H2,29,30,31)/b6-2-,17-4+. The van der Waals surface area contributed by atoms with Crippen LogP contribution < -0.4 is 15.8 Å². The highest BCUT2D eigenvalue weighted by Crippen LogP contribution is 2.34. The van der Waals surface area contributed by atoms with Gasteiger partial charge < -0.3 is 30.1 Å². The molecule has 0 fully saturated rings. The number of nitrogens with two attached hydrogens (primary N) is 1. The lowest BCUT2D eigenvalue weighted by atomic mass is 10.1. The molecule has 3 aromatic rings. The second kappa shape index (κ2) is 12.3. The first-order chi connectivity index (χ1) is 16.7. The Morgan fingerprint density at radius 2 is 2.06 bits per heavy atom. The van der Waals surface area contributed by atoms with E-state index < -0.39 is 19.5 Å². The minimum absolute atomic E-state index is 0.0253. The second-order valence-corrected chi connectivity index (χ2v) is 8.37. The highest BCUT2D eigenvalue weighted by Gasteiger charge is 2.13. The number of allylic oxidation sites excluding steroid dienone is 2. The quantitative estimate of drug-likeness (QED) is 0.124. The molecule has 2 heterocycles. The van der Waals surface area contributed by atoms with Crippen LogP contribution in [0.1, 0.15) is 22.6 Å². The van der Waals surface area contributed by atoms with Crippen LogP contribution in [0.2, 0.25) is 0 Å². The first kappa shape index (κ1) is 26.2. The number of rotatable bonds is 12. The molecule has 0 radical (unpaired) electrons. The summed E-state index contributed by atoms with van der Waals surface area (Å²) in [6.07, 6.45) is 6.28. The molecule has 2 aromatic heterocycles. The smallest absolute Gasteiger partial charge is 0.471 e. The first-order valence-electron chi connectivity index (χ1n) is 10.2. The molecule has 0 saturated carbocycles. The van der Waals surface area contributed by atoms with E-state index in [1.165, 1.54) is 36.7 Å². The van der Waals surface area contributed by atoms with Crippen LogP contribution in [0.15, 0.2) is 65.5 Å². The zero-order valence-electron chi connectivity index (χ0n) is 18.3. The largest absolute Gasteiger partial charge is 0.471 e. The molecular formula is C22H23F2N4O6P. The summed E-state index contributed by atoms with van der Waals surface area (Å²) in [7, 11) is -4.54. The SMILES string of the molecule is NC/C(=C\C=C/NCOP(=O)(O)O)c1cc(Cc2cnc(OCc3cccc(F)c3)c(F)c2)no1. The molecule has 0 atom stereocenters. The molecule has 35 heavy (non-hydrogen) atoms. The molecule has 5 N–H and O–H groups in total. The van der Waals surface area contributed by atoms with Gasteiger partial charge in [0, 0.05) is 30.8 Å². The number of pyridine rings is 1. The van der Waals surface area contributed by atoms with Gasteiger partial charge in [-0.2, -0.15) is 0 Å².